The molecule has 20 heavy (non-hydrogen) atoms. The Morgan fingerprint density at radius 2 is 2.35 bits per heavy atom. The molecule has 0 aromatic carbocycles. The van der Waals surface area contributed by atoms with Gasteiger partial charge in [0.1, 0.15) is 5.75 Å². The van der Waals surface area contributed by atoms with Gasteiger partial charge in [0.25, 0.3) is 5.91 Å². The number of nitrogens with zero attached hydrogens (tertiary/aromatic N) is 2. The Morgan fingerprint density at radius 1 is 1.50 bits per heavy atom. The topological polar surface area (TPSA) is 85.7 Å². The fourth-order valence-electron chi connectivity index (χ4n) is 2.39. The molecule has 1 saturated heterocycles. The summed E-state index contributed by atoms with van der Waals surface area (Å²) in [6.45, 7) is 3.18. The first-order valence-corrected chi connectivity index (χ1v) is 6.98. The number of rotatable bonds is 5. The molecule has 0 saturated carbocycles. The zero-order valence-corrected chi connectivity index (χ0v) is 11.5. The normalized spacial score (nSPS) is 19.8. The Morgan fingerprint density at radius 3 is 3.10 bits per heavy atom. The van der Waals surface area contributed by atoms with Gasteiger partial charge in [-0.25, -0.2) is 0 Å². The first-order chi connectivity index (χ1) is 9.65. The second-order valence-corrected chi connectivity index (χ2v) is 5.14. The molecule has 2 rings (SSSR count). The van der Waals surface area contributed by atoms with Crippen LogP contribution in [0.15, 0.2) is 18.5 Å². The van der Waals surface area contributed by atoms with Crippen molar-refractivity contribution in [3.63, 3.8) is 0 Å². The second kappa shape index (κ2) is 7.21. The molecule has 0 spiro atoms. The molecule has 1 fully saturated rings. The lowest BCUT2D eigenvalue weighted by atomic mass is 10.1. The number of aliphatic hydroxyl groups is 1. The Balaban J connectivity index is 1.67. The number of aromatic hydroxyl groups is 1. The lowest BCUT2D eigenvalue weighted by Crippen LogP contribution is -2.39. The van der Waals surface area contributed by atoms with Crippen LogP contribution in [-0.4, -0.2) is 58.3 Å². The molecule has 6 heteroatoms. The highest BCUT2D eigenvalue weighted by Gasteiger charge is 2.16. The van der Waals surface area contributed by atoms with Crippen LogP contribution in [0.25, 0.3) is 0 Å². The minimum absolute atomic E-state index is 0.0139. The number of likely N-dealkylation sites (tertiary alicyclic amines) is 1. The van der Waals surface area contributed by atoms with Crippen molar-refractivity contribution in [3.8, 4) is 5.75 Å². The summed E-state index contributed by atoms with van der Waals surface area (Å²) in [6.07, 6.45) is 5.26. The number of hydrogen-bond acceptors (Lipinski definition) is 5. The van der Waals surface area contributed by atoms with Gasteiger partial charge in [-0.1, -0.05) is 0 Å². The van der Waals surface area contributed by atoms with E-state index in [4.69, 9.17) is 0 Å². The number of amides is 1. The highest BCUT2D eigenvalue weighted by Crippen LogP contribution is 2.10. The van der Waals surface area contributed by atoms with Gasteiger partial charge in [0.05, 0.1) is 17.9 Å². The van der Waals surface area contributed by atoms with E-state index in [1.807, 2.05) is 0 Å². The molecule has 1 aromatic rings. The smallest absolute Gasteiger partial charge is 0.252 e. The lowest BCUT2D eigenvalue weighted by Gasteiger charge is -2.29. The third-order valence-electron chi connectivity index (χ3n) is 3.40. The third kappa shape index (κ3) is 4.47. The van der Waals surface area contributed by atoms with Crippen molar-refractivity contribution in [2.24, 2.45) is 0 Å². The van der Waals surface area contributed by atoms with Gasteiger partial charge in [0.15, 0.2) is 0 Å². The molecule has 1 aliphatic heterocycles. The van der Waals surface area contributed by atoms with E-state index in [0.717, 1.165) is 38.9 Å². The highest BCUT2D eigenvalue weighted by atomic mass is 16.3. The third-order valence-corrected chi connectivity index (χ3v) is 3.40. The van der Waals surface area contributed by atoms with Gasteiger partial charge in [-0.3, -0.25) is 9.78 Å². The van der Waals surface area contributed by atoms with Crippen LogP contribution in [0, 0.1) is 0 Å². The first-order valence-electron chi connectivity index (χ1n) is 6.98. The molecule has 0 radical (unpaired) electrons. The van der Waals surface area contributed by atoms with E-state index in [9.17, 15) is 15.0 Å². The molecule has 110 valence electrons. The highest BCUT2D eigenvalue weighted by molar-refractivity contribution is 5.94. The molecule has 3 N–H and O–H groups in total. The monoisotopic (exact) mass is 279 g/mol. The number of carbonyl (C=O) groups is 1. The predicted octanol–water partition coefficient (Wildman–Crippen LogP) is 0.364. The summed E-state index contributed by atoms with van der Waals surface area (Å²) in [5.74, 6) is -0.243. The van der Waals surface area contributed by atoms with E-state index in [2.05, 4.69) is 15.2 Å². The van der Waals surface area contributed by atoms with Crippen molar-refractivity contribution in [3.05, 3.63) is 24.0 Å². The van der Waals surface area contributed by atoms with Gasteiger partial charge in [-0.2, -0.15) is 0 Å². The summed E-state index contributed by atoms with van der Waals surface area (Å²) < 4.78 is 0. The number of aromatic nitrogens is 1. The van der Waals surface area contributed by atoms with E-state index in [1.165, 1.54) is 18.5 Å². The summed E-state index contributed by atoms with van der Waals surface area (Å²) >= 11 is 0. The predicted molar refractivity (Wildman–Crippen MR) is 74.5 cm³/mol. The molecule has 0 aliphatic carbocycles. The molecular formula is C14H21N3O3. The van der Waals surface area contributed by atoms with Crippen LogP contribution in [0.2, 0.25) is 0 Å². The number of nitrogens with one attached hydrogen (secondary N) is 1. The number of carbonyl (C=O) groups excluding carboxylic acids is 1. The van der Waals surface area contributed by atoms with Crippen LogP contribution in [0.4, 0.5) is 0 Å². The molecular weight excluding hydrogens is 258 g/mol. The van der Waals surface area contributed by atoms with E-state index < -0.39 is 0 Å². The lowest BCUT2D eigenvalue weighted by molar-refractivity contribution is 0.0697. The van der Waals surface area contributed by atoms with Crippen molar-refractivity contribution in [1.82, 2.24) is 15.2 Å². The van der Waals surface area contributed by atoms with Crippen molar-refractivity contribution in [2.75, 3.05) is 26.2 Å². The summed E-state index contributed by atoms with van der Waals surface area (Å²) in [4.78, 5) is 17.8. The van der Waals surface area contributed by atoms with Gasteiger partial charge in [-0.15, -0.1) is 0 Å². The Kier molecular flexibility index (Phi) is 5.31. The molecule has 1 aliphatic rings. The average molecular weight is 279 g/mol. The number of pyridine rings is 1. The molecule has 1 amide bonds. The number of piperidine rings is 1. The molecule has 0 bridgehead atoms. The van der Waals surface area contributed by atoms with Crippen LogP contribution < -0.4 is 5.32 Å². The van der Waals surface area contributed by atoms with E-state index in [1.54, 1.807) is 0 Å². The van der Waals surface area contributed by atoms with Crippen LogP contribution in [0.1, 0.15) is 29.6 Å². The van der Waals surface area contributed by atoms with Gasteiger partial charge < -0.3 is 20.4 Å². The fraction of sp³-hybridized carbons (Fsp3) is 0.571. The zero-order chi connectivity index (χ0) is 14.4. The molecule has 1 aromatic heterocycles. The van der Waals surface area contributed by atoms with E-state index in [0.29, 0.717) is 12.1 Å². The van der Waals surface area contributed by atoms with Gasteiger partial charge in [0.2, 0.25) is 0 Å². The standard InChI is InChI=1S/C14H21N3O3/c18-12-3-1-5-17(10-12)6-2-4-16-14(20)11-7-13(19)9-15-8-11/h7-9,12,18-19H,1-6,10H2,(H,16,20)/t12-/m1/s1. The Hall–Kier alpha value is -1.66. The summed E-state index contributed by atoms with van der Waals surface area (Å²) in [6, 6.07) is 1.39. The van der Waals surface area contributed by atoms with Crippen LogP contribution in [-0.2, 0) is 0 Å². The van der Waals surface area contributed by atoms with Crippen molar-refractivity contribution in [2.45, 2.75) is 25.4 Å². The van der Waals surface area contributed by atoms with Crippen LogP contribution >= 0.6 is 0 Å². The maximum atomic E-state index is 11.8. The minimum Gasteiger partial charge on any atom is -0.506 e. The van der Waals surface area contributed by atoms with Gasteiger partial charge in [-0.05, 0) is 38.4 Å². The first kappa shape index (κ1) is 14.7. The maximum Gasteiger partial charge on any atom is 0.252 e. The number of β-amino-alcohol motifs (C(OH)–C–C–N with tert-alkyl or cyclic N) is 1. The van der Waals surface area contributed by atoms with Crippen molar-refractivity contribution >= 4 is 5.91 Å². The number of aliphatic hydroxyl groups excluding tert-OH is 1. The Labute approximate surface area is 118 Å². The zero-order valence-electron chi connectivity index (χ0n) is 11.5. The van der Waals surface area contributed by atoms with Gasteiger partial charge >= 0.3 is 0 Å². The van der Waals surface area contributed by atoms with E-state index >= 15 is 0 Å². The summed E-state index contributed by atoms with van der Waals surface area (Å²) in [5, 5.41) is 21.6. The molecule has 1 atom stereocenters. The fourth-order valence-corrected chi connectivity index (χ4v) is 2.39. The van der Waals surface area contributed by atoms with Gasteiger partial charge in [0, 0.05) is 19.3 Å². The molecule has 0 unspecified atom stereocenters. The van der Waals surface area contributed by atoms with Crippen molar-refractivity contribution < 1.29 is 15.0 Å². The number of hydrogen-bond donors (Lipinski definition) is 3. The maximum absolute atomic E-state index is 11.8. The van der Waals surface area contributed by atoms with Crippen LogP contribution in [0.5, 0.6) is 5.75 Å². The van der Waals surface area contributed by atoms with Crippen LogP contribution in [0.3, 0.4) is 0 Å². The molecule has 6 nitrogen and oxygen atoms in total. The average Bonchev–Trinajstić information content (AvgIpc) is 2.43. The largest absolute Gasteiger partial charge is 0.506 e. The summed E-state index contributed by atoms with van der Waals surface area (Å²) in [7, 11) is 0. The second-order valence-electron chi connectivity index (χ2n) is 5.14. The van der Waals surface area contributed by atoms with E-state index in [-0.39, 0.29) is 17.8 Å². The Bertz CT molecular complexity index is 453. The van der Waals surface area contributed by atoms with Crippen molar-refractivity contribution in [1.29, 1.82) is 0 Å². The minimum atomic E-state index is -0.230. The SMILES string of the molecule is O=C(NCCCN1CCC[C@@H](O)C1)c1cncc(O)c1. The molecule has 2 heterocycles. The quantitative estimate of drug-likeness (QED) is 0.678. The summed E-state index contributed by atoms with van der Waals surface area (Å²) in [5.41, 5.74) is 0.360.